The van der Waals surface area contributed by atoms with Crippen LogP contribution in [0.5, 0.6) is 0 Å². The third-order valence-electron chi connectivity index (χ3n) is 5.28. The maximum atomic E-state index is 4.35. The molecule has 2 heterocycles. The van der Waals surface area contributed by atoms with Gasteiger partial charge in [-0.1, -0.05) is 6.92 Å². The van der Waals surface area contributed by atoms with Gasteiger partial charge < -0.3 is 5.32 Å². The first-order chi connectivity index (χ1) is 9.45. The number of nitrogens with zero attached hydrogens (tertiary/aromatic N) is 5. The van der Waals surface area contributed by atoms with Gasteiger partial charge in [-0.25, -0.2) is 0 Å². The number of piperazine rings is 1. The SMILES string of the molecule is CCC1(C)CNC(C)(C2CC2)CN1Cc1nnn(C)n1. The van der Waals surface area contributed by atoms with Crippen molar-refractivity contribution in [2.45, 2.75) is 57.7 Å². The second kappa shape index (κ2) is 4.77. The fraction of sp³-hybridized carbons (Fsp3) is 0.929. The molecule has 0 amide bonds. The van der Waals surface area contributed by atoms with E-state index < -0.39 is 0 Å². The summed E-state index contributed by atoms with van der Waals surface area (Å²) in [5.74, 6) is 1.66. The molecular formula is C14H26N6. The molecule has 0 spiro atoms. The molecule has 1 saturated carbocycles. The molecular weight excluding hydrogens is 252 g/mol. The smallest absolute Gasteiger partial charge is 0.188 e. The summed E-state index contributed by atoms with van der Waals surface area (Å²) in [5.41, 5.74) is 0.421. The Hall–Kier alpha value is -1.01. The first kappa shape index (κ1) is 13.9. The molecule has 1 saturated heterocycles. The predicted octanol–water partition coefficient (Wildman–Crippen LogP) is 0.953. The van der Waals surface area contributed by atoms with E-state index in [2.05, 4.69) is 46.4 Å². The molecule has 3 rings (SSSR count). The lowest BCUT2D eigenvalue weighted by molar-refractivity contribution is 0.00243. The molecule has 0 aromatic carbocycles. The van der Waals surface area contributed by atoms with Gasteiger partial charge in [-0.2, -0.15) is 4.80 Å². The van der Waals surface area contributed by atoms with Crippen LogP contribution in [0.3, 0.4) is 0 Å². The quantitative estimate of drug-likeness (QED) is 0.889. The van der Waals surface area contributed by atoms with Crippen LogP contribution in [-0.2, 0) is 13.6 Å². The zero-order valence-corrected chi connectivity index (χ0v) is 13.1. The monoisotopic (exact) mass is 278 g/mol. The van der Waals surface area contributed by atoms with E-state index >= 15 is 0 Å². The molecule has 1 N–H and O–H groups in total. The van der Waals surface area contributed by atoms with E-state index in [4.69, 9.17) is 0 Å². The summed E-state index contributed by atoms with van der Waals surface area (Å²) in [5, 5.41) is 16.3. The molecule has 1 aromatic heterocycles. The van der Waals surface area contributed by atoms with E-state index in [1.165, 1.54) is 12.8 Å². The van der Waals surface area contributed by atoms with Gasteiger partial charge in [0, 0.05) is 24.2 Å². The van der Waals surface area contributed by atoms with E-state index in [-0.39, 0.29) is 11.1 Å². The molecule has 1 aliphatic carbocycles. The van der Waals surface area contributed by atoms with Gasteiger partial charge in [0.1, 0.15) is 0 Å². The minimum atomic E-state index is 0.174. The third-order valence-corrected chi connectivity index (χ3v) is 5.28. The average Bonchev–Trinajstić information content (AvgIpc) is 3.20. The number of tetrazole rings is 1. The van der Waals surface area contributed by atoms with Crippen molar-refractivity contribution in [3.63, 3.8) is 0 Å². The van der Waals surface area contributed by atoms with Crippen molar-refractivity contribution in [3.05, 3.63) is 5.82 Å². The third kappa shape index (κ3) is 2.46. The van der Waals surface area contributed by atoms with Crippen LogP contribution in [0.15, 0.2) is 0 Å². The Morgan fingerprint density at radius 2 is 2.10 bits per heavy atom. The average molecular weight is 278 g/mol. The molecule has 2 aliphatic rings. The highest BCUT2D eigenvalue weighted by Gasteiger charge is 2.49. The van der Waals surface area contributed by atoms with Crippen LogP contribution in [0.1, 0.15) is 45.9 Å². The Kier molecular flexibility index (Phi) is 3.33. The van der Waals surface area contributed by atoms with Gasteiger partial charge in [0.25, 0.3) is 0 Å². The number of rotatable bonds is 4. The predicted molar refractivity (Wildman–Crippen MR) is 77.0 cm³/mol. The fourth-order valence-corrected chi connectivity index (χ4v) is 3.29. The summed E-state index contributed by atoms with van der Waals surface area (Å²) in [6, 6.07) is 0. The van der Waals surface area contributed by atoms with Crippen LogP contribution in [0.2, 0.25) is 0 Å². The van der Waals surface area contributed by atoms with Crippen LogP contribution in [0.4, 0.5) is 0 Å². The molecule has 2 unspecified atom stereocenters. The molecule has 2 fully saturated rings. The van der Waals surface area contributed by atoms with Gasteiger partial charge in [-0.05, 0) is 44.2 Å². The molecule has 0 radical (unpaired) electrons. The largest absolute Gasteiger partial charge is 0.308 e. The minimum Gasteiger partial charge on any atom is -0.308 e. The normalized spacial score (nSPS) is 35.4. The molecule has 112 valence electrons. The summed E-state index contributed by atoms with van der Waals surface area (Å²) in [7, 11) is 1.82. The molecule has 20 heavy (non-hydrogen) atoms. The maximum Gasteiger partial charge on any atom is 0.188 e. The Bertz CT molecular complexity index is 482. The number of nitrogens with one attached hydrogen (secondary N) is 1. The maximum absolute atomic E-state index is 4.35. The van der Waals surface area contributed by atoms with Crippen molar-refractivity contribution in [1.29, 1.82) is 0 Å². The molecule has 6 nitrogen and oxygen atoms in total. The van der Waals surface area contributed by atoms with Crippen LogP contribution in [0.25, 0.3) is 0 Å². The second-order valence-corrected chi connectivity index (χ2v) is 6.95. The van der Waals surface area contributed by atoms with Gasteiger partial charge in [-0.15, -0.1) is 10.2 Å². The highest BCUT2D eigenvalue weighted by molar-refractivity contribution is 5.07. The van der Waals surface area contributed by atoms with E-state index in [1.807, 2.05) is 7.05 Å². The lowest BCUT2D eigenvalue weighted by atomic mass is 9.84. The van der Waals surface area contributed by atoms with Crippen LogP contribution < -0.4 is 5.32 Å². The Morgan fingerprint density at radius 3 is 2.65 bits per heavy atom. The fourth-order valence-electron chi connectivity index (χ4n) is 3.29. The van der Waals surface area contributed by atoms with Gasteiger partial charge in [-0.3, -0.25) is 4.90 Å². The topological polar surface area (TPSA) is 58.9 Å². The summed E-state index contributed by atoms with van der Waals surface area (Å²) < 4.78 is 0. The number of hydrogen-bond acceptors (Lipinski definition) is 5. The standard InChI is InChI=1S/C14H26N6/c1-5-13(2)9-15-14(3,11-6-7-11)10-20(13)8-12-16-18-19(4)17-12/h11,15H,5-10H2,1-4H3. The van der Waals surface area contributed by atoms with Gasteiger partial charge in [0.2, 0.25) is 0 Å². The Balaban J connectivity index is 1.78. The van der Waals surface area contributed by atoms with Crippen LogP contribution >= 0.6 is 0 Å². The zero-order chi connectivity index (χ0) is 14.4. The van der Waals surface area contributed by atoms with E-state index in [9.17, 15) is 0 Å². The van der Waals surface area contributed by atoms with Crippen molar-refractivity contribution >= 4 is 0 Å². The van der Waals surface area contributed by atoms with Gasteiger partial charge in [0.15, 0.2) is 5.82 Å². The summed E-state index contributed by atoms with van der Waals surface area (Å²) in [6.07, 6.45) is 3.86. The molecule has 2 atom stereocenters. The molecule has 6 heteroatoms. The zero-order valence-electron chi connectivity index (χ0n) is 13.1. The minimum absolute atomic E-state index is 0.174. The van der Waals surface area contributed by atoms with Crippen molar-refractivity contribution in [2.24, 2.45) is 13.0 Å². The highest BCUT2D eigenvalue weighted by Crippen LogP contribution is 2.43. The lowest BCUT2D eigenvalue weighted by Crippen LogP contribution is -2.68. The number of aryl methyl sites for hydroxylation is 1. The highest BCUT2D eigenvalue weighted by atomic mass is 15.6. The lowest BCUT2D eigenvalue weighted by Gasteiger charge is -2.52. The Labute approximate surface area is 120 Å². The van der Waals surface area contributed by atoms with Gasteiger partial charge in [0.05, 0.1) is 13.6 Å². The van der Waals surface area contributed by atoms with E-state index in [0.29, 0.717) is 0 Å². The van der Waals surface area contributed by atoms with E-state index in [1.54, 1.807) is 4.80 Å². The number of aromatic nitrogens is 4. The van der Waals surface area contributed by atoms with E-state index in [0.717, 1.165) is 37.8 Å². The summed E-state index contributed by atoms with van der Waals surface area (Å²) >= 11 is 0. The van der Waals surface area contributed by atoms with Crippen LogP contribution in [-0.4, -0.2) is 49.3 Å². The second-order valence-electron chi connectivity index (χ2n) is 6.95. The van der Waals surface area contributed by atoms with Crippen molar-refractivity contribution in [1.82, 2.24) is 30.4 Å². The first-order valence-corrected chi connectivity index (χ1v) is 7.68. The van der Waals surface area contributed by atoms with Crippen molar-refractivity contribution in [2.75, 3.05) is 13.1 Å². The number of hydrogen-bond donors (Lipinski definition) is 1. The molecule has 0 bridgehead atoms. The Morgan fingerprint density at radius 1 is 1.35 bits per heavy atom. The van der Waals surface area contributed by atoms with Crippen molar-refractivity contribution < 1.29 is 0 Å². The first-order valence-electron chi connectivity index (χ1n) is 7.68. The summed E-state index contributed by atoms with van der Waals surface area (Å²) in [6.45, 7) is 9.87. The molecule has 1 aromatic rings. The van der Waals surface area contributed by atoms with Crippen molar-refractivity contribution in [3.8, 4) is 0 Å². The van der Waals surface area contributed by atoms with Gasteiger partial charge >= 0.3 is 0 Å². The molecule has 1 aliphatic heterocycles. The van der Waals surface area contributed by atoms with Crippen LogP contribution in [0, 0.1) is 5.92 Å². The summed E-state index contributed by atoms with van der Waals surface area (Å²) in [4.78, 5) is 4.10.